The molecule has 0 bridgehead atoms. The number of hydrogen-bond acceptors (Lipinski definition) is 4. The molecule has 0 aliphatic heterocycles. The molecule has 146 valence electrons. The molecule has 0 rings (SSSR count). The number of guanidine groups is 1. The van der Waals surface area contributed by atoms with Crippen LogP contribution in [0.1, 0.15) is 52.9 Å². The molecule has 0 saturated carbocycles. The van der Waals surface area contributed by atoms with Gasteiger partial charge in [0.15, 0.2) is 5.96 Å². The Balaban J connectivity index is 4.26. The van der Waals surface area contributed by atoms with Gasteiger partial charge in [0, 0.05) is 39.6 Å². The third-order valence-corrected chi connectivity index (χ3v) is 3.96. The predicted octanol–water partition coefficient (Wildman–Crippen LogP) is 1.88. The van der Waals surface area contributed by atoms with Gasteiger partial charge in [-0.2, -0.15) is 0 Å². The fourth-order valence-electron chi connectivity index (χ4n) is 2.45. The van der Waals surface area contributed by atoms with Crippen molar-refractivity contribution in [1.29, 1.82) is 0 Å². The second kappa shape index (κ2) is 14.5. The fraction of sp³-hybridized carbons (Fsp3) is 0.833. The quantitative estimate of drug-likeness (QED) is 0.250. The summed E-state index contributed by atoms with van der Waals surface area (Å²) in [7, 11) is 3.31. The Morgan fingerprint density at radius 1 is 1.04 bits per heavy atom. The summed E-state index contributed by atoms with van der Waals surface area (Å²) in [4.78, 5) is 31.5. The summed E-state index contributed by atoms with van der Waals surface area (Å²) in [6.07, 6.45) is 4.33. The summed E-state index contributed by atoms with van der Waals surface area (Å²) < 4.78 is 4.62. The van der Waals surface area contributed by atoms with E-state index in [0.29, 0.717) is 19.5 Å². The molecule has 0 unspecified atom stereocenters. The van der Waals surface area contributed by atoms with Gasteiger partial charge in [0.05, 0.1) is 13.7 Å². The molecule has 1 N–H and O–H groups in total. The maximum absolute atomic E-state index is 12.2. The Hall–Kier alpha value is -1.79. The summed E-state index contributed by atoms with van der Waals surface area (Å²) in [5.74, 6) is 0.727. The predicted molar refractivity (Wildman–Crippen MR) is 102 cm³/mol. The molecule has 0 atom stereocenters. The molecule has 0 aliphatic carbocycles. The number of unbranched alkanes of at least 4 members (excludes halogenated alkanes) is 3. The van der Waals surface area contributed by atoms with Crippen molar-refractivity contribution in [2.24, 2.45) is 4.99 Å². The molecule has 0 radical (unpaired) electrons. The molecule has 1 amide bonds. The molecule has 25 heavy (non-hydrogen) atoms. The van der Waals surface area contributed by atoms with Crippen molar-refractivity contribution in [2.75, 3.05) is 46.9 Å². The van der Waals surface area contributed by atoms with E-state index in [2.05, 4.69) is 15.0 Å². The number of ether oxygens (including phenoxy) is 1. The fourth-order valence-corrected chi connectivity index (χ4v) is 2.45. The van der Waals surface area contributed by atoms with Crippen LogP contribution in [0.15, 0.2) is 4.99 Å². The number of nitrogens with zero attached hydrogens (tertiary/aromatic N) is 3. The van der Waals surface area contributed by atoms with E-state index >= 15 is 0 Å². The Morgan fingerprint density at radius 3 is 2.24 bits per heavy atom. The highest BCUT2D eigenvalue weighted by atomic mass is 16.5. The summed E-state index contributed by atoms with van der Waals surface area (Å²) in [5.41, 5.74) is 0. The summed E-state index contributed by atoms with van der Waals surface area (Å²) in [6, 6.07) is 0. The van der Waals surface area contributed by atoms with Gasteiger partial charge in [-0.05, 0) is 33.6 Å². The minimum Gasteiger partial charge on any atom is -0.469 e. The van der Waals surface area contributed by atoms with Crippen molar-refractivity contribution < 1.29 is 14.3 Å². The van der Waals surface area contributed by atoms with Crippen molar-refractivity contribution in [3.05, 3.63) is 0 Å². The van der Waals surface area contributed by atoms with Gasteiger partial charge in [-0.15, -0.1) is 0 Å². The van der Waals surface area contributed by atoms with Crippen molar-refractivity contribution in [3.8, 4) is 0 Å². The number of carbonyl (C=O) groups excluding carboxylic acids is 2. The number of amides is 1. The third kappa shape index (κ3) is 10.6. The highest BCUT2D eigenvalue weighted by molar-refractivity contribution is 5.86. The summed E-state index contributed by atoms with van der Waals surface area (Å²) in [6.45, 7) is 9.24. The molecule has 0 aromatic carbocycles. The lowest BCUT2D eigenvalue weighted by Gasteiger charge is -2.25. The number of likely N-dealkylation sites (N-methyl/N-ethyl adjacent to an activating group) is 2. The lowest BCUT2D eigenvalue weighted by atomic mass is 10.1. The first-order valence-corrected chi connectivity index (χ1v) is 9.34. The molecule has 0 aliphatic rings. The van der Waals surface area contributed by atoms with Crippen LogP contribution in [0.25, 0.3) is 0 Å². The van der Waals surface area contributed by atoms with Gasteiger partial charge in [0.25, 0.3) is 0 Å². The second-order valence-electron chi connectivity index (χ2n) is 5.90. The Kier molecular flexibility index (Phi) is 13.5. The first-order chi connectivity index (χ1) is 12.0. The zero-order chi connectivity index (χ0) is 19.1. The number of nitrogens with one attached hydrogen (secondary N) is 1. The van der Waals surface area contributed by atoms with Crippen LogP contribution in [0, 0.1) is 0 Å². The second-order valence-corrected chi connectivity index (χ2v) is 5.90. The van der Waals surface area contributed by atoms with Gasteiger partial charge < -0.3 is 19.9 Å². The zero-order valence-electron chi connectivity index (χ0n) is 16.6. The number of rotatable bonds is 12. The van der Waals surface area contributed by atoms with Crippen molar-refractivity contribution >= 4 is 17.8 Å². The van der Waals surface area contributed by atoms with Crippen molar-refractivity contribution in [3.63, 3.8) is 0 Å². The number of esters is 1. The van der Waals surface area contributed by atoms with E-state index in [9.17, 15) is 9.59 Å². The summed E-state index contributed by atoms with van der Waals surface area (Å²) >= 11 is 0. The van der Waals surface area contributed by atoms with Gasteiger partial charge in [-0.1, -0.05) is 12.8 Å². The van der Waals surface area contributed by atoms with Crippen LogP contribution in [0.5, 0.6) is 0 Å². The molecular formula is C18H36N4O3. The number of carbonyl (C=O) groups is 2. The number of methoxy groups -OCH3 is 1. The molecule has 7 heteroatoms. The standard InChI is InChI=1S/C18H36N4O3/c1-6-19-18(21(4)15-16(23)22(7-2)8-3)20-14-12-10-9-11-13-17(24)25-5/h6-15H2,1-5H3,(H,19,20). The van der Waals surface area contributed by atoms with Crippen LogP contribution in [-0.2, 0) is 14.3 Å². The maximum Gasteiger partial charge on any atom is 0.305 e. The van der Waals surface area contributed by atoms with Crippen LogP contribution in [0.3, 0.4) is 0 Å². The van der Waals surface area contributed by atoms with Crippen molar-refractivity contribution in [1.82, 2.24) is 15.1 Å². The van der Waals surface area contributed by atoms with Gasteiger partial charge in [0.2, 0.25) is 5.91 Å². The van der Waals surface area contributed by atoms with E-state index in [1.165, 1.54) is 7.11 Å². The van der Waals surface area contributed by atoms with Crippen LogP contribution in [0.4, 0.5) is 0 Å². The number of aliphatic imine (C=N–C) groups is 1. The molecule has 0 spiro atoms. The Morgan fingerprint density at radius 2 is 1.68 bits per heavy atom. The topological polar surface area (TPSA) is 74.2 Å². The van der Waals surface area contributed by atoms with E-state index in [0.717, 1.165) is 51.3 Å². The van der Waals surface area contributed by atoms with Gasteiger partial charge in [0.1, 0.15) is 0 Å². The molecule has 0 fully saturated rings. The Labute approximate surface area is 152 Å². The lowest BCUT2D eigenvalue weighted by molar-refractivity contribution is -0.140. The maximum atomic E-state index is 12.2. The molecule has 0 saturated heterocycles. The lowest BCUT2D eigenvalue weighted by Crippen LogP contribution is -2.45. The molecule has 0 aromatic heterocycles. The normalized spacial score (nSPS) is 11.2. The SMILES string of the molecule is CCNC(=NCCCCCCC(=O)OC)N(C)CC(=O)N(CC)CC. The molecule has 7 nitrogen and oxygen atoms in total. The van der Waals surface area contributed by atoms with Crippen LogP contribution in [0.2, 0.25) is 0 Å². The van der Waals surface area contributed by atoms with E-state index in [1.807, 2.05) is 37.6 Å². The largest absolute Gasteiger partial charge is 0.469 e. The van der Waals surface area contributed by atoms with Crippen molar-refractivity contribution in [2.45, 2.75) is 52.9 Å². The Bertz CT molecular complexity index is 409. The minimum absolute atomic E-state index is 0.112. The smallest absolute Gasteiger partial charge is 0.305 e. The third-order valence-electron chi connectivity index (χ3n) is 3.96. The average Bonchev–Trinajstić information content (AvgIpc) is 2.60. The van der Waals surface area contributed by atoms with Crippen LogP contribution in [-0.4, -0.2) is 74.5 Å². The van der Waals surface area contributed by atoms with E-state index in [-0.39, 0.29) is 11.9 Å². The first kappa shape index (κ1) is 23.2. The highest BCUT2D eigenvalue weighted by Gasteiger charge is 2.14. The summed E-state index contributed by atoms with van der Waals surface area (Å²) in [5, 5.41) is 3.23. The number of hydrogen-bond donors (Lipinski definition) is 1. The highest BCUT2D eigenvalue weighted by Crippen LogP contribution is 2.04. The monoisotopic (exact) mass is 356 g/mol. The minimum atomic E-state index is -0.146. The van der Waals surface area contributed by atoms with Crippen LogP contribution >= 0.6 is 0 Å². The van der Waals surface area contributed by atoms with Gasteiger partial charge in [-0.25, -0.2) is 0 Å². The molecule has 0 aromatic rings. The molecule has 0 heterocycles. The van der Waals surface area contributed by atoms with Gasteiger partial charge in [-0.3, -0.25) is 14.6 Å². The molecular weight excluding hydrogens is 320 g/mol. The van der Waals surface area contributed by atoms with E-state index in [4.69, 9.17) is 0 Å². The first-order valence-electron chi connectivity index (χ1n) is 9.34. The van der Waals surface area contributed by atoms with E-state index < -0.39 is 0 Å². The van der Waals surface area contributed by atoms with E-state index in [1.54, 1.807) is 0 Å². The van der Waals surface area contributed by atoms with Gasteiger partial charge >= 0.3 is 5.97 Å². The van der Waals surface area contributed by atoms with Crippen LogP contribution < -0.4 is 5.32 Å². The average molecular weight is 357 g/mol. The zero-order valence-corrected chi connectivity index (χ0v) is 16.6.